The van der Waals surface area contributed by atoms with E-state index in [-0.39, 0.29) is 0 Å². The van der Waals surface area contributed by atoms with E-state index in [4.69, 9.17) is 9.97 Å². The zero-order valence-corrected chi connectivity index (χ0v) is 25.8. The van der Waals surface area contributed by atoms with E-state index < -0.39 is 0 Å². The van der Waals surface area contributed by atoms with Crippen LogP contribution in [-0.4, -0.2) is 18.9 Å². The first-order valence-electron chi connectivity index (χ1n) is 16.3. The molecule has 4 aromatic heterocycles. The minimum absolute atomic E-state index is 0.896. The second-order valence-electron chi connectivity index (χ2n) is 12.6. The van der Waals surface area contributed by atoms with Crippen LogP contribution >= 0.6 is 0 Å². The highest BCUT2D eigenvalue weighted by molar-refractivity contribution is 6.26. The van der Waals surface area contributed by atoms with Crippen LogP contribution in [0, 0.1) is 0 Å². The molecule has 0 spiro atoms. The average Bonchev–Trinajstić information content (AvgIpc) is 3.79. The van der Waals surface area contributed by atoms with Crippen LogP contribution in [0.15, 0.2) is 158 Å². The molecule has 4 heteroatoms. The Morgan fingerprint density at radius 1 is 0.417 bits per heavy atom. The fourth-order valence-corrected chi connectivity index (χ4v) is 7.94. The van der Waals surface area contributed by atoms with Crippen LogP contribution in [0.4, 0.5) is 0 Å². The Hall–Kier alpha value is -6.52. The molecular weight excluding hydrogens is 585 g/mol. The number of hydrogen-bond acceptors (Lipinski definition) is 2. The Kier molecular flexibility index (Phi) is 5.08. The molecule has 0 aliphatic heterocycles. The molecule has 222 valence electrons. The van der Waals surface area contributed by atoms with E-state index in [1.54, 1.807) is 0 Å². The van der Waals surface area contributed by atoms with Crippen LogP contribution in [0.5, 0.6) is 0 Å². The Labute approximate surface area is 275 Å². The Balaban J connectivity index is 1.19. The molecule has 11 rings (SSSR count). The first-order chi connectivity index (χ1) is 23.8. The minimum Gasteiger partial charge on any atom is -0.309 e. The number of hydrogen-bond donors (Lipinski definition) is 0. The monoisotopic (exact) mass is 610 g/mol. The normalized spacial score (nSPS) is 12.2. The van der Waals surface area contributed by atoms with Gasteiger partial charge in [0.05, 0.1) is 33.1 Å². The van der Waals surface area contributed by atoms with Gasteiger partial charge in [-0.15, -0.1) is 0 Å². The maximum atomic E-state index is 5.31. The fraction of sp³-hybridized carbons (Fsp3) is 0. The van der Waals surface area contributed by atoms with E-state index in [2.05, 4.69) is 161 Å². The SMILES string of the molecule is c1ccc(-c2ccc3nc4c5ccc(-c6ccc7c(c6)c6ccccc6n7-c6ccccc6)c6c7ccccc7n(c4nc3c2)c56)cc1. The van der Waals surface area contributed by atoms with Crippen molar-refractivity contribution in [2.45, 2.75) is 0 Å². The maximum Gasteiger partial charge on any atom is 0.165 e. The van der Waals surface area contributed by atoms with Gasteiger partial charge in [0, 0.05) is 32.6 Å². The molecule has 0 atom stereocenters. The molecule has 4 heterocycles. The van der Waals surface area contributed by atoms with Crippen LogP contribution in [0.25, 0.3) is 99.1 Å². The smallest absolute Gasteiger partial charge is 0.165 e. The molecule has 0 saturated carbocycles. The van der Waals surface area contributed by atoms with Gasteiger partial charge in [-0.25, -0.2) is 9.97 Å². The van der Waals surface area contributed by atoms with E-state index in [0.717, 1.165) is 44.4 Å². The predicted octanol–water partition coefficient (Wildman–Crippen LogP) is 11.2. The Morgan fingerprint density at radius 3 is 1.98 bits per heavy atom. The third-order valence-corrected chi connectivity index (χ3v) is 10.0. The summed E-state index contributed by atoms with van der Waals surface area (Å²) in [5.41, 5.74) is 14.3. The summed E-state index contributed by atoms with van der Waals surface area (Å²) in [5, 5.41) is 6.09. The summed E-state index contributed by atoms with van der Waals surface area (Å²) in [5.74, 6) is 0. The van der Waals surface area contributed by atoms with Crippen LogP contribution < -0.4 is 0 Å². The van der Waals surface area contributed by atoms with Gasteiger partial charge in [0.1, 0.15) is 5.52 Å². The summed E-state index contributed by atoms with van der Waals surface area (Å²) in [4.78, 5) is 10.5. The van der Waals surface area contributed by atoms with Crippen molar-refractivity contribution in [3.05, 3.63) is 158 Å². The Bertz CT molecular complexity index is 3040. The summed E-state index contributed by atoms with van der Waals surface area (Å²) < 4.78 is 4.70. The van der Waals surface area contributed by atoms with Crippen molar-refractivity contribution in [1.82, 2.24) is 18.9 Å². The molecule has 0 aliphatic rings. The van der Waals surface area contributed by atoms with Gasteiger partial charge in [-0.05, 0) is 76.9 Å². The van der Waals surface area contributed by atoms with E-state index in [1.165, 1.54) is 54.8 Å². The molecule has 0 fully saturated rings. The number of rotatable bonds is 3. The fourth-order valence-electron chi connectivity index (χ4n) is 7.94. The second kappa shape index (κ2) is 9.50. The lowest BCUT2D eigenvalue weighted by molar-refractivity contribution is 1.18. The molecule has 0 saturated heterocycles. The number of nitrogens with zero attached hydrogens (tertiary/aromatic N) is 4. The van der Waals surface area contributed by atoms with E-state index in [1.807, 2.05) is 6.07 Å². The van der Waals surface area contributed by atoms with E-state index in [9.17, 15) is 0 Å². The van der Waals surface area contributed by atoms with Gasteiger partial charge in [0.2, 0.25) is 0 Å². The van der Waals surface area contributed by atoms with Gasteiger partial charge in [0.25, 0.3) is 0 Å². The number of para-hydroxylation sites is 3. The number of benzene rings is 7. The highest BCUT2D eigenvalue weighted by Crippen LogP contribution is 2.44. The molecule has 0 aliphatic carbocycles. The van der Waals surface area contributed by atoms with E-state index in [0.29, 0.717) is 0 Å². The van der Waals surface area contributed by atoms with Crippen LogP contribution in [0.3, 0.4) is 0 Å². The number of fused-ring (bicyclic) bond motifs is 10. The summed E-state index contributed by atoms with van der Waals surface area (Å²) in [6.45, 7) is 0. The maximum absolute atomic E-state index is 5.31. The second-order valence-corrected chi connectivity index (χ2v) is 12.6. The summed E-state index contributed by atoms with van der Waals surface area (Å²) in [6.07, 6.45) is 0. The summed E-state index contributed by atoms with van der Waals surface area (Å²) >= 11 is 0. The van der Waals surface area contributed by atoms with Crippen molar-refractivity contribution in [3.8, 4) is 27.9 Å². The van der Waals surface area contributed by atoms with Gasteiger partial charge in [-0.1, -0.05) is 103 Å². The number of aromatic nitrogens is 4. The third kappa shape index (κ3) is 3.43. The van der Waals surface area contributed by atoms with Gasteiger partial charge >= 0.3 is 0 Å². The minimum atomic E-state index is 0.896. The van der Waals surface area contributed by atoms with Crippen molar-refractivity contribution in [1.29, 1.82) is 0 Å². The summed E-state index contributed by atoms with van der Waals surface area (Å²) in [7, 11) is 0. The first kappa shape index (κ1) is 25.6. The van der Waals surface area contributed by atoms with Crippen molar-refractivity contribution in [3.63, 3.8) is 0 Å². The molecule has 0 unspecified atom stereocenters. The van der Waals surface area contributed by atoms with Crippen LogP contribution in [0.2, 0.25) is 0 Å². The van der Waals surface area contributed by atoms with Crippen molar-refractivity contribution < 1.29 is 0 Å². The molecule has 7 aromatic carbocycles. The molecular formula is C44H26N4. The van der Waals surface area contributed by atoms with Gasteiger partial charge in [0.15, 0.2) is 5.65 Å². The van der Waals surface area contributed by atoms with Gasteiger partial charge < -0.3 is 4.57 Å². The van der Waals surface area contributed by atoms with Gasteiger partial charge in [-0.3, -0.25) is 4.40 Å². The van der Waals surface area contributed by atoms with Crippen molar-refractivity contribution in [2.75, 3.05) is 0 Å². The highest BCUT2D eigenvalue weighted by Gasteiger charge is 2.23. The topological polar surface area (TPSA) is 35.1 Å². The quantitative estimate of drug-likeness (QED) is 0.199. The lowest BCUT2D eigenvalue weighted by atomic mass is 9.96. The molecule has 0 N–H and O–H groups in total. The third-order valence-electron chi connectivity index (χ3n) is 10.0. The van der Waals surface area contributed by atoms with Crippen LogP contribution in [0.1, 0.15) is 0 Å². The molecule has 11 aromatic rings. The van der Waals surface area contributed by atoms with Crippen molar-refractivity contribution in [2.24, 2.45) is 0 Å². The molecule has 48 heavy (non-hydrogen) atoms. The zero-order chi connectivity index (χ0) is 31.3. The molecule has 0 amide bonds. The standard InChI is InChI=1S/C44H26N4/c1-3-11-27(12-4-1)28-19-23-36-37(26-28)46-44-42(45-36)34-22-21-31(41-33-16-8-10-18-39(33)48(44)43(34)41)29-20-24-40-35(25-29)32-15-7-9-17-38(32)47(40)30-13-5-2-6-14-30/h1-26H. The van der Waals surface area contributed by atoms with Gasteiger partial charge in [-0.2, -0.15) is 0 Å². The largest absolute Gasteiger partial charge is 0.309 e. The first-order valence-corrected chi connectivity index (χ1v) is 16.3. The molecule has 0 bridgehead atoms. The zero-order valence-electron chi connectivity index (χ0n) is 25.8. The highest BCUT2D eigenvalue weighted by atomic mass is 15.0. The van der Waals surface area contributed by atoms with Crippen molar-refractivity contribution >= 4 is 71.2 Å². The lowest BCUT2D eigenvalue weighted by Crippen LogP contribution is -1.92. The summed E-state index contributed by atoms with van der Waals surface area (Å²) in [6, 6.07) is 56.4. The van der Waals surface area contributed by atoms with E-state index >= 15 is 0 Å². The average molecular weight is 611 g/mol. The lowest BCUT2D eigenvalue weighted by Gasteiger charge is -2.09. The molecule has 0 radical (unpaired) electrons. The Morgan fingerprint density at radius 2 is 1.12 bits per heavy atom. The molecule has 4 nitrogen and oxygen atoms in total. The predicted molar refractivity (Wildman–Crippen MR) is 199 cm³/mol. The van der Waals surface area contributed by atoms with Crippen LogP contribution in [-0.2, 0) is 0 Å².